The fourth-order valence-electron chi connectivity index (χ4n) is 2.66. The van der Waals surface area contributed by atoms with Crippen LogP contribution in [0.15, 0.2) is 18.2 Å². The summed E-state index contributed by atoms with van der Waals surface area (Å²) >= 11 is 0. The van der Waals surface area contributed by atoms with Crippen LogP contribution in [-0.2, 0) is 4.74 Å². The lowest BCUT2D eigenvalue weighted by molar-refractivity contribution is -0.0328. The molecule has 0 radical (unpaired) electrons. The highest BCUT2D eigenvalue weighted by atomic mass is 16.6. The lowest BCUT2D eigenvalue weighted by atomic mass is 10.0. The van der Waals surface area contributed by atoms with E-state index in [1.807, 2.05) is 7.05 Å². The summed E-state index contributed by atoms with van der Waals surface area (Å²) < 4.78 is 12.0. The van der Waals surface area contributed by atoms with Gasteiger partial charge in [0.2, 0.25) is 0 Å². The molecule has 0 aliphatic carbocycles. The zero-order valence-corrected chi connectivity index (χ0v) is 13.3. The predicted octanol–water partition coefficient (Wildman–Crippen LogP) is 3.61. The molecular weight excluding hydrogens is 250 g/mol. The topological polar surface area (TPSA) is 30.5 Å². The van der Waals surface area contributed by atoms with Crippen LogP contribution in [0.4, 0.5) is 0 Å². The van der Waals surface area contributed by atoms with Gasteiger partial charge in [-0.25, -0.2) is 0 Å². The molecule has 0 bridgehead atoms. The van der Waals surface area contributed by atoms with Crippen molar-refractivity contribution in [2.45, 2.75) is 58.3 Å². The number of ether oxygens (including phenoxy) is 2. The van der Waals surface area contributed by atoms with Gasteiger partial charge in [0.05, 0.1) is 11.7 Å². The van der Waals surface area contributed by atoms with E-state index < -0.39 is 0 Å². The number of hydrogen-bond acceptors (Lipinski definition) is 3. The zero-order chi connectivity index (χ0) is 14.8. The second kappa shape index (κ2) is 6.15. The number of benzene rings is 1. The largest absolute Gasteiger partial charge is 0.491 e. The minimum atomic E-state index is 0.00171. The SMILES string of the molecule is CNC(C)c1ccc(C)cc1OCC1CCC(C)(C)O1. The van der Waals surface area contributed by atoms with E-state index in [-0.39, 0.29) is 17.7 Å². The van der Waals surface area contributed by atoms with Gasteiger partial charge in [-0.15, -0.1) is 0 Å². The van der Waals surface area contributed by atoms with E-state index in [1.165, 1.54) is 11.1 Å². The van der Waals surface area contributed by atoms with E-state index in [0.29, 0.717) is 6.61 Å². The van der Waals surface area contributed by atoms with Crippen LogP contribution in [0.1, 0.15) is 50.8 Å². The molecule has 1 aliphatic heterocycles. The first-order valence-corrected chi connectivity index (χ1v) is 7.50. The molecule has 2 rings (SSSR count). The van der Waals surface area contributed by atoms with Crippen LogP contribution in [0.3, 0.4) is 0 Å². The van der Waals surface area contributed by atoms with Crippen LogP contribution >= 0.6 is 0 Å². The average Bonchev–Trinajstić information content (AvgIpc) is 2.75. The van der Waals surface area contributed by atoms with Gasteiger partial charge in [-0.2, -0.15) is 0 Å². The summed E-state index contributed by atoms with van der Waals surface area (Å²) in [5, 5.41) is 3.27. The van der Waals surface area contributed by atoms with E-state index in [4.69, 9.17) is 9.47 Å². The molecule has 1 aromatic rings. The van der Waals surface area contributed by atoms with Gasteiger partial charge in [0.15, 0.2) is 0 Å². The van der Waals surface area contributed by atoms with Gasteiger partial charge < -0.3 is 14.8 Å². The fourth-order valence-corrected chi connectivity index (χ4v) is 2.66. The summed E-state index contributed by atoms with van der Waals surface area (Å²) in [6.45, 7) is 9.17. The van der Waals surface area contributed by atoms with E-state index in [0.717, 1.165) is 18.6 Å². The molecule has 0 saturated carbocycles. The van der Waals surface area contributed by atoms with Gasteiger partial charge in [0.25, 0.3) is 0 Å². The molecule has 1 fully saturated rings. The summed E-state index contributed by atoms with van der Waals surface area (Å²) in [4.78, 5) is 0. The van der Waals surface area contributed by atoms with Crippen molar-refractivity contribution in [3.05, 3.63) is 29.3 Å². The Labute approximate surface area is 122 Å². The summed E-state index contributed by atoms with van der Waals surface area (Å²) in [6.07, 6.45) is 2.40. The van der Waals surface area contributed by atoms with Gasteiger partial charge in [-0.1, -0.05) is 12.1 Å². The third kappa shape index (κ3) is 3.74. The molecule has 0 spiro atoms. The number of nitrogens with one attached hydrogen (secondary N) is 1. The minimum Gasteiger partial charge on any atom is -0.491 e. The average molecular weight is 277 g/mol. The molecule has 112 valence electrons. The third-order valence-electron chi connectivity index (χ3n) is 4.05. The second-order valence-electron chi connectivity index (χ2n) is 6.40. The van der Waals surface area contributed by atoms with Crippen LogP contribution in [0.25, 0.3) is 0 Å². The molecule has 20 heavy (non-hydrogen) atoms. The first-order chi connectivity index (χ1) is 9.41. The first kappa shape index (κ1) is 15.3. The molecule has 3 heteroatoms. The Kier molecular flexibility index (Phi) is 4.71. The number of aryl methyl sites for hydroxylation is 1. The maximum absolute atomic E-state index is 6.05. The van der Waals surface area contributed by atoms with Crippen molar-refractivity contribution < 1.29 is 9.47 Å². The van der Waals surface area contributed by atoms with Crippen molar-refractivity contribution in [2.75, 3.05) is 13.7 Å². The normalized spacial score (nSPS) is 22.8. The zero-order valence-electron chi connectivity index (χ0n) is 13.3. The summed E-state index contributed by atoms with van der Waals surface area (Å²) in [7, 11) is 1.97. The molecule has 2 unspecified atom stereocenters. The lowest BCUT2D eigenvalue weighted by Gasteiger charge is -2.21. The predicted molar refractivity (Wildman–Crippen MR) is 82.3 cm³/mol. The van der Waals surface area contributed by atoms with Crippen LogP contribution in [0.2, 0.25) is 0 Å². The van der Waals surface area contributed by atoms with Crippen LogP contribution in [-0.4, -0.2) is 25.4 Å². The number of rotatable bonds is 5. The van der Waals surface area contributed by atoms with Crippen molar-refractivity contribution >= 4 is 0 Å². The first-order valence-electron chi connectivity index (χ1n) is 7.50. The molecular formula is C17H27NO2. The van der Waals surface area contributed by atoms with Gasteiger partial charge in [0.1, 0.15) is 12.4 Å². The summed E-state index contributed by atoms with van der Waals surface area (Å²) in [5.41, 5.74) is 2.43. The standard InChI is InChI=1S/C17H27NO2/c1-12-6-7-15(13(2)18-5)16(10-12)19-11-14-8-9-17(3,4)20-14/h6-7,10,13-14,18H,8-9,11H2,1-5H3. The Balaban J connectivity index is 2.03. The molecule has 2 atom stereocenters. The van der Waals surface area contributed by atoms with Gasteiger partial charge in [-0.05, 0) is 59.2 Å². The monoisotopic (exact) mass is 277 g/mol. The van der Waals surface area contributed by atoms with E-state index in [1.54, 1.807) is 0 Å². The fraction of sp³-hybridized carbons (Fsp3) is 0.647. The minimum absolute atomic E-state index is 0.00171. The van der Waals surface area contributed by atoms with Gasteiger partial charge in [-0.3, -0.25) is 0 Å². The Hall–Kier alpha value is -1.06. The maximum atomic E-state index is 6.05. The lowest BCUT2D eigenvalue weighted by Crippen LogP contribution is -2.24. The number of hydrogen-bond donors (Lipinski definition) is 1. The molecule has 0 amide bonds. The second-order valence-corrected chi connectivity index (χ2v) is 6.40. The van der Waals surface area contributed by atoms with Gasteiger partial charge in [0, 0.05) is 11.6 Å². The van der Waals surface area contributed by atoms with Crippen molar-refractivity contribution in [2.24, 2.45) is 0 Å². The Morgan fingerprint density at radius 1 is 1.45 bits per heavy atom. The highest BCUT2D eigenvalue weighted by molar-refractivity contribution is 5.39. The Bertz CT molecular complexity index is 456. The third-order valence-corrected chi connectivity index (χ3v) is 4.05. The highest BCUT2D eigenvalue weighted by Crippen LogP contribution is 2.31. The quantitative estimate of drug-likeness (QED) is 0.892. The maximum Gasteiger partial charge on any atom is 0.124 e. The van der Waals surface area contributed by atoms with Crippen LogP contribution in [0.5, 0.6) is 5.75 Å². The van der Waals surface area contributed by atoms with E-state index in [2.05, 4.69) is 51.2 Å². The molecule has 1 heterocycles. The summed E-state index contributed by atoms with van der Waals surface area (Å²) in [6, 6.07) is 6.67. The smallest absolute Gasteiger partial charge is 0.124 e. The van der Waals surface area contributed by atoms with E-state index >= 15 is 0 Å². The molecule has 0 aromatic heterocycles. The molecule has 3 nitrogen and oxygen atoms in total. The Morgan fingerprint density at radius 3 is 2.80 bits per heavy atom. The molecule has 1 aromatic carbocycles. The van der Waals surface area contributed by atoms with Crippen LogP contribution in [0, 0.1) is 6.92 Å². The van der Waals surface area contributed by atoms with Crippen molar-refractivity contribution in [3.63, 3.8) is 0 Å². The van der Waals surface area contributed by atoms with Crippen LogP contribution < -0.4 is 10.1 Å². The van der Waals surface area contributed by atoms with Gasteiger partial charge >= 0.3 is 0 Å². The molecule has 1 aliphatic rings. The molecule has 1 saturated heterocycles. The summed E-state index contributed by atoms with van der Waals surface area (Å²) in [5.74, 6) is 0.972. The van der Waals surface area contributed by atoms with Crippen molar-refractivity contribution in [3.8, 4) is 5.75 Å². The van der Waals surface area contributed by atoms with Crippen molar-refractivity contribution in [1.29, 1.82) is 0 Å². The van der Waals surface area contributed by atoms with E-state index in [9.17, 15) is 0 Å². The Morgan fingerprint density at radius 2 is 2.20 bits per heavy atom. The highest BCUT2D eigenvalue weighted by Gasteiger charge is 2.32. The van der Waals surface area contributed by atoms with Crippen molar-refractivity contribution in [1.82, 2.24) is 5.32 Å². The molecule has 1 N–H and O–H groups in total.